The van der Waals surface area contributed by atoms with Crippen LogP contribution in [0.5, 0.6) is 0 Å². The van der Waals surface area contributed by atoms with Crippen LogP contribution in [0.4, 0.5) is 4.79 Å². The molecular formula is C9H9BrN2O3. The summed E-state index contributed by atoms with van der Waals surface area (Å²) in [6, 6.07) is -0.634. The third-order valence-electron chi connectivity index (χ3n) is 1.78. The quantitative estimate of drug-likeness (QED) is 0.434. The Morgan fingerprint density at radius 1 is 1.27 bits per heavy atom. The molecule has 0 aromatic carbocycles. The summed E-state index contributed by atoms with van der Waals surface area (Å²) in [4.78, 5) is 35.9. The van der Waals surface area contributed by atoms with Gasteiger partial charge in [0.2, 0.25) is 0 Å². The third-order valence-corrected chi connectivity index (χ3v) is 2.03. The number of amides is 4. The number of hydrogen-bond donors (Lipinski definition) is 0. The van der Waals surface area contributed by atoms with Crippen LogP contribution in [0, 0.1) is 0 Å². The van der Waals surface area contributed by atoms with Crippen LogP contribution in [0.3, 0.4) is 0 Å². The number of imide groups is 2. The van der Waals surface area contributed by atoms with E-state index in [0.717, 1.165) is 9.80 Å². The van der Waals surface area contributed by atoms with Gasteiger partial charge in [-0.2, -0.15) is 0 Å². The van der Waals surface area contributed by atoms with Crippen molar-refractivity contribution < 1.29 is 14.4 Å². The molecular weight excluding hydrogens is 264 g/mol. The Morgan fingerprint density at radius 2 is 1.80 bits per heavy atom. The average Bonchev–Trinajstić information content (AvgIpc) is 2.35. The van der Waals surface area contributed by atoms with Crippen molar-refractivity contribution in [3.05, 3.63) is 23.7 Å². The molecule has 80 valence electrons. The fraction of sp³-hybridized carbons (Fsp3) is 0.222. The Bertz CT molecular complexity index is 364. The fourth-order valence-electron chi connectivity index (χ4n) is 1.15. The van der Waals surface area contributed by atoms with E-state index in [1.165, 1.54) is 6.08 Å². The van der Waals surface area contributed by atoms with Crippen LogP contribution < -0.4 is 0 Å². The number of urea groups is 1. The van der Waals surface area contributed by atoms with Gasteiger partial charge in [0.1, 0.15) is 0 Å². The van der Waals surface area contributed by atoms with Crippen molar-refractivity contribution in [1.29, 1.82) is 0 Å². The summed E-state index contributed by atoms with van der Waals surface area (Å²) in [5.74, 6) is -1.66. The molecule has 0 aliphatic carbocycles. The molecule has 0 spiro atoms. The highest BCUT2D eigenvalue weighted by Crippen LogP contribution is 2.15. The van der Waals surface area contributed by atoms with Crippen LogP contribution in [0.15, 0.2) is 23.7 Å². The standard InChI is InChI=1S/C9H9BrN2O3/c1-3-4-11-7(13)8(14)12(9(11)15)5-6(2)10/h3H,1-2,4-5H2. The summed E-state index contributed by atoms with van der Waals surface area (Å²) in [7, 11) is 0. The maximum atomic E-state index is 11.6. The van der Waals surface area contributed by atoms with Gasteiger partial charge in [-0.05, 0) is 0 Å². The minimum absolute atomic E-state index is 0.00293. The molecule has 1 saturated heterocycles. The zero-order valence-corrected chi connectivity index (χ0v) is 9.49. The van der Waals surface area contributed by atoms with Crippen LogP contribution in [0.25, 0.3) is 0 Å². The molecule has 0 radical (unpaired) electrons. The maximum Gasteiger partial charge on any atom is 0.334 e. The highest BCUT2D eigenvalue weighted by atomic mass is 79.9. The molecule has 1 rings (SSSR count). The molecule has 0 saturated carbocycles. The normalized spacial score (nSPS) is 16.2. The van der Waals surface area contributed by atoms with Gasteiger partial charge in [0.15, 0.2) is 0 Å². The lowest BCUT2D eigenvalue weighted by atomic mass is 10.5. The highest BCUT2D eigenvalue weighted by Gasteiger charge is 2.43. The lowest BCUT2D eigenvalue weighted by Gasteiger charge is -2.13. The first-order valence-electron chi connectivity index (χ1n) is 4.10. The lowest BCUT2D eigenvalue weighted by molar-refractivity contribution is -0.142. The van der Waals surface area contributed by atoms with E-state index >= 15 is 0 Å². The first-order chi connectivity index (χ1) is 6.99. The summed E-state index contributed by atoms with van der Waals surface area (Å²) < 4.78 is 0.456. The van der Waals surface area contributed by atoms with Gasteiger partial charge < -0.3 is 0 Å². The van der Waals surface area contributed by atoms with Crippen molar-refractivity contribution in [1.82, 2.24) is 9.80 Å². The van der Waals surface area contributed by atoms with Crippen molar-refractivity contribution in [3.8, 4) is 0 Å². The predicted octanol–water partition coefficient (Wildman–Crippen LogP) is 0.872. The number of halogens is 1. The zero-order valence-electron chi connectivity index (χ0n) is 7.90. The van der Waals surface area contributed by atoms with Crippen molar-refractivity contribution >= 4 is 33.8 Å². The summed E-state index contributed by atoms with van der Waals surface area (Å²) in [5.41, 5.74) is 0. The highest BCUT2D eigenvalue weighted by molar-refractivity contribution is 9.11. The van der Waals surface area contributed by atoms with Gasteiger partial charge in [0, 0.05) is 11.0 Å². The molecule has 15 heavy (non-hydrogen) atoms. The second-order valence-electron chi connectivity index (χ2n) is 2.90. The summed E-state index contributed by atoms with van der Waals surface area (Å²) >= 11 is 3.03. The lowest BCUT2D eigenvalue weighted by Crippen LogP contribution is -2.34. The Balaban J connectivity index is 2.89. The van der Waals surface area contributed by atoms with Gasteiger partial charge in [0.05, 0.1) is 6.54 Å². The number of hydrogen-bond acceptors (Lipinski definition) is 3. The van der Waals surface area contributed by atoms with Crippen molar-refractivity contribution in [3.63, 3.8) is 0 Å². The molecule has 0 aromatic heterocycles. The molecule has 1 aliphatic rings. The second kappa shape index (κ2) is 4.39. The number of carbonyl (C=O) groups is 3. The predicted molar refractivity (Wildman–Crippen MR) is 57.1 cm³/mol. The minimum atomic E-state index is -0.831. The molecule has 5 nitrogen and oxygen atoms in total. The minimum Gasteiger partial charge on any atom is -0.263 e. The Kier molecular flexibility index (Phi) is 3.41. The summed E-state index contributed by atoms with van der Waals surface area (Å²) in [6.45, 7) is 6.94. The molecule has 0 unspecified atom stereocenters. The van der Waals surface area contributed by atoms with Crippen molar-refractivity contribution in [2.45, 2.75) is 0 Å². The Morgan fingerprint density at radius 3 is 2.27 bits per heavy atom. The molecule has 0 aromatic rings. The van der Waals surface area contributed by atoms with Crippen molar-refractivity contribution in [2.24, 2.45) is 0 Å². The average molecular weight is 273 g/mol. The molecule has 6 heteroatoms. The van der Waals surface area contributed by atoms with Gasteiger partial charge in [0.25, 0.3) is 0 Å². The molecule has 1 fully saturated rings. The van der Waals surface area contributed by atoms with Gasteiger partial charge in [-0.1, -0.05) is 28.6 Å². The first-order valence-corrected chi connectivity index (χ1v) is 4.89. The molecule has 4 amide bonds. The Labute approximate surface area is 95.1 Å². The van der Waals surface area contributed by atoms with E-state index in [1.807, 2.05) is 0 Å². The van der Waals surface area contributed by atoms with E-state index < -0.39 is 17.8 Å². The van der Waals surface area contributed by atoms with Crippen LogP contribution in [-0.2, 0) is 9.59 Å². The largest absolute Gasteiger partial charge is 0.334 e. The number of nitrogens with zero attached hydrogens (tertiary/aromatic N) is 2. The topological polar surface area (TPSA) is 57.7 Å². The monoisotopic (exact) mass is 272 g/mol. The van der Waals surface area contributed by atoms with Gasteiger partial charge in [-0.3, -0.25) is 19.4 Å². The van der Waals surface area contributed by atoms with Crippen LogP contribution in [-0.4, -0.2) is 40.7 Å². The number of carbonyl (C=O) groups excluding carboxylic acids is 3. The fourth-order valence-corrected chi connectivity index (χ4v) is 1.40. The van der Waals surface area contributed by atoms with E-state index in [4.69, 9.17) is 0 Å². The molecule has 0 bridgehead atoms. The van der Waals surface area contributed by atoms with Gasteiger partial charge in [-0.25, -0.2) is 4.79 Å². The van der Waals surface area contributed by atoms with Crippen LogP contribution in [0.2, 0.25) is 0 Å². The van der Waals surface area contributed by atoms with E-state index in [1.54, 1.807) is 0 Å². The van der Waals surface area contributed by atoms with Gasteiger partial charge in [-0.15, -0.1) is 6.58 Å². The third kappa shape index (κ3) is 2.15. The van der Waals surface area contributed by atoms with Crippen molar-refractivity contribution in [2.75, 3.05) is 13.1 Å². The molecule has 0 atom stereocenters. The second-order valence-corrected chi connectivity index (χ2v) is 4.02. The Hall–Kier alpha value is -1.43. The molecule has 0 N–H and O–H groups in total. The summed E-state index contributed by atoms with van der Waals surface area (Å²) in [5, 5.41) is 0. The van der Waals surface area contributed by atoms with E-state index in [0.29, 0.717) is 4.48 Å². The summed E-state index contributed by atoms with van der Waals surface area (Å²) in [6.07, 6.45) is 1.38. The SMILES string of the molecule is C=CCN1C(=O)C(=O)N(CC(=C)Br)C1=O. The molecule has 1 heterocycles. The van der Waals surface area contributed by atoms with Gasteiger partial charge >= 0.3 is 17.8 Å². The van der Waals surface area contributed by atoms with E-state index in [-0.39, 0.29) is 13.1 Å². The smallest absolute Gasteiger partial charge is 0.263 e. The van der Waals surface area contributed by atoms with E-state index in [9.17, 15) is 14.4 Å². The van der Waals surface area contributed by atoms with Crippen LogP contribution in [0.1, 0.15) is 0 Å². The first kappa shape index (κ1) is 11.6. The maximum absolute atomic E-state index is 11.6. The van der Waals surface area contributed by atoms with Crippen LogP contribution >= 0.6 is 15.9 Å². The number of rotatable bonds is 4. The molecule has 1 aliphatic heterocycles. The zero-order chi connectivity index (χ0) is 11.6. The van der Waals surface area contributed by atoms with E-state index in [2.05, 4.69) is 29.1 Å².